The third-order valence-corrected chi connectivity index (χ3v) is 5.16. The second-order valence-corrected chi connectivity index (χ2v) is 8.10. The van der Waals surface area contributed by atoms with Crippen LogP contribution in [0, 0.1) is 0 Å². The Balaban J connectivity index is 1.96. The van der Waals surface area contributed by atoms with Crippen molar-refractivity contribution in [2.75, 3.05) is 6.61 Å². The van der Waals surface area contributed by atoms with Gasteiger partial charge in [-0.05, 0) is 66.2 Å². The predicted octanol–water partition coefficient (Wildman–Crippen LogP) is 4.46. The van der Waals surface area contributed by atoms with E-state index in [-0.39, 0.29) is 16.7 Å². The van der Waals surface area contributed by atoms with Crippen molar-refractivity contribution >= 4 is 5.91 Å². The highest BCUT2D eigenvalue weighted by molar-refractivity contribution is 5.73. The molecule has 0 atom stereocenters. The van der Waals surface area contributed by atoms with Crippen LogP contribution in [0.1, 0.15) is 77.3 Å². The average Bonchev–Trinajstić information content (AvgIpc) is 2.47. The summed E-state index contributed by atoms with van der Waals surface area (Å²) >= 11 is 0. The zero-order valence-corrected chi connectivity index (χ0v) is 15.1. The zero-order chi connectivity index (χ0) is 17.1. The zero-order valence-electron chi connectivity index (χ0n) is 15.1. The van der Waals surface area contributed by atoms with E-state index in [1.54, 1.807) is 0 Å². The molecule has 0 aromatic heterocycles. The van der Waals surface area contributed by atoms with Crippen LogP contribution in [0.3, 0.4) is 0 Å². The van der Waals surface area contributed by atoms with Crippen molar-refractivity contribution in [2.24, 2.45) is 5.73 Å². The lowest BCUT2D eigenvalue weighted by atomic mass is 9.63. The smallest absolute Gasteiger partial charge is 0.217 e. The van der Waals surface area contributed by atoms with Crippen molar-refractivity contribution in [3.05, 3.63) is 29.3 Å². The number of carbonyl (C=O) groups excluding carboxylic acids is 1. The normalized spacial score (nSPS) is 18.3. The van der Waals surface area contributed by atoms with Crippen LogP contribution in [0.25, 0.3) is 0 Å². The largest absolute Gasteiger partial charge is 0.494 e. The molecule has 0 saturated carbocycles. The molecule has 2 N–H and O–H groups in total. The molecule has 1 aliphatic carbocycles. The molecule has 0 aliphatic heterocycles. The first-order valence-corrected chi connectivity index (χ1v) is 8.78. The number of nitrogens with two attached hydrogens (primary N) is 1. The first kappa shape index (κ1) is 17.8. The summed E-state index contributed by atoms with van der Waals surface area (Å²) in [6, 6.07) is 6.59. The van der Waals surface area contributed by atoms with Gasteiger partial charge in [0.15, 0.2) is 0 Å². The van der Waals surface area contributed by atoms with Crippen molar-refractivity contribution in [1.82, 2.24) is 0 Å². The van der Waals surface area contributed by atoms with E-state index in [1.165, 1.54) is 24.0 Å². The standard InChI is InChI=1S/C20H31NO2/c1-19(2)11-12-20(3,4)17-14-15(9-10-16(17)19)23-13-7-5-6-8-18(21)22/h9-10,14H,5-8,11-13H2,1-4H3,(H2,21,22). The Labute approximate surface area is 140 Å². The summed E-state index contributed by atoms with van der Waals surface area (Å²) in [6.07, 6.45) is 5.70. The van der Waals surface area contributed by atoms with Gasteiger partial charge in [-0.2, -0.15) is 0 Å². The molecule has 1 aliphatic rings. The first-order valence-electron chi connectivity index (χ1n) is 8.78. The lowest BCUT2D eigenvalue weighted by Gasteiger charge is -2.41. The monoisotopic (exact) mass is 317 g/mol. The summed E-state index contributed by atoms with van der Waals surface area (Å²) in [7, 11) is 0. The van der Waals surface area contributed by atoms with E-state index in [2.05, 4.69) is 45.9 Å². The van der Waals surface area contributed by atoms with Crippen molar-refractivity contribution in [2.45, 2.75) is 77.0 Å². The number of hydrogen-bond donors (Lipinski definition) is 1. The molecular formula is C20H31NO2. The Morgan fingerprint density at radius 1 is 1.04 bits per heavy atom. The molecule has 0 radical (unpaired) electrons. The summed E-state index contributed by atoms with van der Waals surface area (Å²) in [5.74, 6) is 0.745. The average molecular weight is 317 g/mol. The van der Waals surface area contributed by atoms with E-state index >= 15 is 0 Å². The summed E-state index contributed by atoms with van der Waals surface area (Å²) in [6.45, 7) is 10.0. The van der Waals surface area contributed by atoms with E-state index in [0.717, 1.165) is 25.0 Å². The minimum absolute atomic E-state index is 0.214. The molecular weight excluding hydrogens is 286 g/mol. The van der Waals surface area contributed by atoms with Gasteiger partial charge in [0.2, 0.25) is 5.91 Å². The highest BCUT2D eigenvalue weighted by Crippen LogP contribution is 2.46. The van der Waals surface area contributed by atoms with Crippen LogP contribution in [0.5, 0.6) is 5.75 Å². The van der Waals surface area contributed by atoms with Gasteiger partial charge in [0, 0.05) is 6.42 Å². The van der Waals surface area contributed by atoms with E-state index < -0.39 is 0 Å². The van der Waals surface area contributed by atoms with Crippen LogP contribution in [0.4, 0.5) is 0 Å². The van der Waals surface area contributed by atoms with E-state index in [0.29, 0.717) is 13.0 Å². The van der Waals surface area contributed by atoms with E-state index in [9.17, 15) is 4.79 Å². The number of hydrogen-bond acceptors (Lipinski definition) is 2. The Morgan fingerprint density at radius 3 is 2.35 bits per heavy atom. The molecule has 0 fully saturated rings. The minimum atomic E-state index is -0.217. The van der Waals surface area contributed by atoms with Crippen molar-refractivity contribution in [1.29, 1.82) is 0 Å². The van der Waals surface area contributed by atoms with Gasteiger partial charge in [-0.25, -0.2) is 0 Å². The molecule has 23 heavy (non-hydrogen) atoms. The van der Waals surface area contributed by atoms with Crippen molar-refractivity contribution < 1.29 is 9.53 Å². The summed E-state index contributed by atoms with van der Waals surface area (Å²) in [5, 5.41) is 0. The van der Waals surface area contributed by atoms with Gasteiger partial charge in [0.25, 0.3) is 0 Å². The summed E-state index contributed by atoms with van der Waals surface area (Å²) in [5.41, 5.74) is 8.49. The Bertz CT molecular complexity index is 561. The predicted molar refractivity (Wildman–Crippen MR) is 94.9 cm³/mol. The molecule has 0 heterocycles. The van der Waals surface area contributed by atoms with Crippen LogP contribution < -0.4 is 10.5 Å². The van der Waals surface area contributed by atoms with Gasteiger partial charge in [0.05, 0.1) is 6.61 Å². The third-order valence-electron chi connectivity index (χ3n) is 5.16. The summed E-state index contributed by atoms with van der Waals surface area (Å²) < 4.78 is 5.92. The number of carbonyl (C=O) groups is 1. The number of ether oxygens (including phenoxy) is 1. The minimum Gasteiger partial charge on any atom is -0.494 e. The topological polar surface area (TPSA) is 52.3 Å². The Morgan fingerprint density at radius 2 is 1.70 bits per heavy atom. The van der Waals surface area contributed by atoms with Crippen LogP contribution in [0.15, 0.2) is 18.2 Å². The van der Waals surface area contributed by atoms with Gasteiger partial charge < -0.3 is 10.5 Å². The van der Waals surface area contributed by atoms with Crippen LogP contribution >= 0.6 is 0 Å². The SMILES string of the molecule is CC1(C)CCC(C)(C)c2cc(OCCCCCC(N)=O)ccc21. The fourth-order valence-corrected chi connectivity index (χ4v) is 3.43. The van der Waals surface area contributed by atoms with Gasteiger partial charge in [0.1, 0.15) is 5.75 Å². The molecule has 3 heteroatoms. The lowest BCUT2D eigenvalue weighted by molar-refractivity contribution is -0.118. The molecule has 0 bridgehead atoms. The number of benzene rings is 1. The molecule has 0 saturated heterocycles. The molecule has 3 nitrogen and oxygen atoms in total. The molecule has 2 rings (SSSR count). The second kappa shape index (κ2) is 6.94. The van der Waals surface area contributed by atoms with Gasteiger partial charge in [-0.1, -0.05) is 33.8 Å². The molecule has 128 valence electrons. The first-order chi connectivity index (χ1) is 10.7. The summed E-state index contributed by atoms with van der Waals surface area (Å²) in [4.78, 5) is 10.7. The quantitative estimate of drug-likeness (QED) is 0.755. The number of fused-ring (bicyclic) bond motifs is 1. The lowest BCUT2D eigenvalue weighted by Crippen LogP contribution is -2.33. The highest BCUT2D eigenvalue weighted by Gasteiger charge is 2.37. The highest BCUT2D eigenvalue weighted by atomic mass is 16.5. The van der Waals surface area contributed by atoms with Crippen molar-refractivity contribution in [3.8, 4) is 5.75 Å². The molecule has 1 amide bonds. The molecule has 1 aromatic rings. The number of primary amides is 1. The van der Waals surface area contributed by atoms with E-state index in [4.69, 9.17) is 10.5 Å². The van der Waals surface area contributed by atoms with Gasteiger partial charge in [-0.3, -0.25) is 4.79 Å². The Hall–Kier alpha value is -1.51. The van der Waals surface area contributed by atoms with Crippen molar-refractivity contribution in [3.63, 3.8) is 0 Å². The molecule has 1 aromatic carbocycles. The van der Waals surface area contributed by atoms with Crippen LogP contribution in [0.2, 0.25) is 0 Å². The van der Waals surface area contributed by atoms with Crippen LogP contribution in [-0.2, 0) is 15.6 Å². The number of rotatable bonds is 7. The van der Waals surface area contributed by atoms with E-state index in [1.807, 2.05) is 0 Å². The number of amides is 1. The maximum Gasteiger partial charge on any atom is 0.217 e. The number of unbranched alkanes of at least 4 members (excludes halogenated alkanes) is 2. The second-order valence-electron chi connectivity index (χ2n) is 8.10. The Kier molecular flexibility index (Phi) is 5.38. The van der Waals surface area contributed by atoms with Gasteiger partial charge in [-0.15, -0.1) is 0 Å². The fraction of sp³-hybridized carbons (Fsp3) is 0.650. The van der Waals surface area contributed by atoms with Gasteiger partial charge >= 0.3 is 0 Å². The molecule has 0 spiro atoms. The molecule has 0 unspecified atom stereocenters. The maximum absolute atomic E-state index is 10.7. The fourth-order valence-electron chi connectivity index (χ4n) is 3.43. The maximum atomic E-state index is 10.7. The van der Waals surface area contributed by atoms with Crippen LogP contribution in [-0.4, -0.2) is 12.5 Å². The third kappa shape index (κ3) is 4.49.